The summed E-state index contributed by atoms with van der Waals surface area (Å²) in [6, 6.07) is 6.34. The largest absolute Gasteiger partial charge is 0.496 e. The van der Waals surface area contributed by atoms with Crippen LogP contribution in [0.15, 0.2) is 18.2 Å². The van der Waals surface area contributed by atoms with E-state index in [1.807, 2.05) is 6.07 Å². The summed E-state index contributed by atoms with van der Waals surface area (Å²) in [7, 11) is 1.69. The smallest absolute Gasteiger partial charge is 0.123 e. The molecule has 1 fully saturated rings. The van der Waals surface area contributed by atoms with Crippen molar-refractivity contribution in [2.24, 2.45) is 5.73 Å². The second kappa shape index (κ2) is 6.45. The molecule has 100 valence electrons. The number of thioether (sulfide) groups is 1. The Bertz CT molecular complexity index is 397. The third-order valence-corrected chi connectivity index (χ3v) is 4.43. The molecule has 2 rings (SSSR count). The van der Waals surface area contributed by atoms with Crippen molar-refractivity contribution in [2.75, 3.05) is 26.0 Å². The zero-order valence-corrected chi connectivity index (χ0v) is 12.0. The maximum absolute atomic E-state index is 5.75. The van der Waals surface area contributed by atoms with Crippen LogP contribution in [0.4, 0.5) is 0 Å². The van der Waals surface area contributed by atoms with Gasteiger partial charge in [0.1, 0.15) is 5.75 Å². The second-order valence-corrected chi connectivity index (χ2v) is 6.31. The third kappa shape index (κ3) is 3.40. The first-order valence-corrected chi connectivity index (χ1v) is 7.47. The summed E-state index contributed by atoms with van der Waals surface area (Å²) < 4.78 is 5.30. The first kappa shape index (κ1) is 13.7. The molecule has 1 saturated heterocycles. The number of hydrogen-bond acceptors (Lipinski definition) is 4. The predicted octanol–water partition coefficient (Wildman–Crippen LogP) is 2.09. The molecular formula is C14H22N2OS. The van der Waals surface area contributed by atoms with Crippen LogP contribution >= 0.6 is 11.8 Å². The van der Waals surface area contributed by atoms with Gasteiger partial charge in [-0.15, -0.1) is 0 Å². The lowest BCUT2D eigenvalue weighted by Crippen LogP contribution is -2.36. The third-order valence-electron chi connectivity index (χ3n) is 3.30. The highest BCUT2D eigenvalue weighted by molar-refractivity contribution is 7.99. The lowest BCUT2D eigenvalue weighted by molar-refractivity contribution is 0.278. The van der Waals surface area contributed by atoms with Gasteiger partial charge >= 0.3 is 0 Å². The molecule has 1 aliphatic heterocycles. The zero-order valence-electron chi connectivity index (χ0n) is 11.2. The standard InChI is InChI=1S/C14H22N2OS/c1-11-9-16(5-6-18-11)10-12-3-4-14(17-2)13(7-12)8-15/h3-4,7,11H,5-6,8-10,15H2,1-2H3. The van der Waals surface area contributed by atoms with E-state index in [1.54, 1.807) is 7.11 Å². The van der Waals surface area contributed by atoms with Crippen molar-refractivity contribution >= 4 is 11.8 Å². The number of hydrogen-bond donors (Lipinski definition) is 1. The lowest BCUT2D eigenvalue weighted by atomic mass is 10.1. The second-order valence-electron chi connectivity index (χ2n) is 4.77. The van der Waals surface area contributed by atoms with E-state index in [2.05, 4.69) is 35.7 Å². The Hall–Kier alpha value is -0.710. The number of methoxy groups -OCH3 is 1. The summed E-state index contributed by atoms with van der Waals surface area (Å²) in [5.74, 6) is 2.13. The average Bonchev–Trinajstić information content (AvgIpc) is 2.38. The van der Waals surface area contributed by atoms with Crippen LogP contribution < -0.4 is 10.5 Å². The molecule has 1 unspecified atom stereocenters. The maximum Gasteiger partial charge on any atom is 0.123 e. The normalized spacial score (nSPS) is 20.9. The van der Waals surface area contributed by atoms with Crippen molar-refractivity contribution < 1.29 is 4.74 Å². The fourth-order valence-corrected chi connectivity index (χ4v) is 3.46. The summed E-state index contributed by atoms with van der Waals surface area (Å²) >= 11 is 2.06. The van der Waals surface area contributed by atoms with Gasteiger partial charge in [-0.2, -0.15) is 11.8 Å². The number of nitrogens with zero attached hydrogens (tertiary/aromatic N) is 1. The van der Waals surface area contributed by atoms with Gasteiger partial charge in [-0.05, 0) is 17.7 Å². The van der Waals surface area contributed by atoms with Crippen molar-refractivity contribution in [1.29, 1.82) is 0 Å². The topological polar surface area (TPSA) is 38.5 Å². The highest BCUT2D eigenvalue weighted by Crippen LogP contribution is 2.23. The van der Waals surface area contributed by atoms with Crippen molar-refractivity contribution in [1.82, 2.24) is 4.90 Å². The van der Waals surface area contributed by atoms with Gasteiger partial charge in [0.2, 0.25) is 0 Å². The van der Waals surface area contributed by atoms with E-state index in [0.29, 0.717) is 6.54 Å². The minimum absolute atomic E-state index is 0.531. The van der Waals surface area contributed by atoms with Gasteiger partial charge in [-0.1, -0.05) is 13.0 Å². The van der Waals surface area contributed by atoms with Crippen LogP contribution in [0.5, 0.6) is 5.75 Å². The average molecular weight is 266 g/mol. The Morgan fingerprint density at radius 1 is 1.50 bits per heavy atom. The van der Waals surface area contributed by atoms with Crippen LogP contribution in [0.3, 0.4) is 0 Å². The molecular weight excluding hydrogens is 244 g/mol. The minimum atomic E-state index is 0.531. The molecule has 1 atom stereocenters. The van der Waals surface area contributed by atoms with E-state index >= 15 is 0 Å². The molecule has 1 aromatic rings. The number of rotatable bonds is 4. The van der Waals surface area contributed by atoms with Gasteiger partial charge in [0.25, 0.3) is 0 Å². The molecule has 4 heteroatoms. The Balaban J connectivity index is 2.04. The molecule has 0 saturated carbocycles. The fraction of sp³-hybridized carbons (Fsp3) is 0.571. The molecule has 0 amide bonds. The molecule has 0 radical (unpaired) electrons. The molecule has 0 aromatic heterocycles. The molecule has 2 N–H and O–H groups in total. The van der Waals surface area contributed by atoms with Gasteiger partial charge in [-0.3, -0.25) is 4.90 Å². The lowest BCUT2D eigenvalue weighted by Gasteiger charge is -2.30. The summed E-state index contributed by atoms with van der Waals surface area (Å²) in [6.45, 7) is 6.20. The first-order chi connectivity index (χ1) is 8.72. The molecule has 0 aliphatic carbocycles. The summed E-state index contributed by atoms with van der Waals surface area (Å²) in [4.78, 5) is 2.52. The van der Waals surface area contributed by atoms with Crippen LogP contribution in [0, 0.1) is 0 Å². The molecule has 1 aliphatic rings. The molecule has 3 nitrogen and oxygen atoms in total. The summed E-state index contributed by atoms with van der Waals surface area (Å²) in [6.07, 6.45) is 0. The maximum atomic E-state index is 5.75. The molecule has 18 heavy (non-hydrogen) atoms. The Morgan fingerprint density at radius 3 is 3.00 bits per heavy atom. The number of benzene rings is 1. The molecule has 1 aromatic carbocycles. The van der Waals surface area contributed by atoms with Crippen LogP contribution in [-0.4, -0.2) is 36.1 Å². The number of nitrogens with two attached hydrogens (primary N) is 1. The van der Waals surface area contributed by atoms with Gasteiger partial charge in [0, 0.05) is 42.7 Å². The molecule has 0 bridgehead atoms. The van der Waals surface area contributed by atoms with Crippen LogP contribution in [0.1, 0.15) is 18.1 Å². The van der Waals surface area contributed by atoms with Gasteiger partial charge in [-0.25, -0.2) is 0 Å². The van der Waals surface area contributed by atoms with E-state index in [9.17, 15) is 0 Å². The van der Waals surface area contributed by atoms with Gasteiger partial charge in [0.15, 0.2) is 0 Å². The van der Waals surface area contributed by atoms with E-state index < -0.39 is 0 Å². The molecule has 1 heterocycles. The Morgan fingerprint density at radius 2 is 2.33 bits per heavy atom. The Labute approximate surface area is 114 Å². The van der Waals surface area contributed by atoms with Crippen molar-refractivity contribution in [3.63, 3.8) is 0 Å². The monoisotopic (exact) mass is 266 g/mol. The first-order valence-electron chi connectivity index (χ1n) is 6.42. The number of ether oxygens (including phenoxy) is 1. The van der Waals surface area contributed by atoms with E-state index in [4.69, 9.17) is 10.5 Å². The van der Waals surface area contributed by atoms with Crippen LogP contribution in [0.2, 0.25) is 0 Å². The highest BCUT2D eigenvalue weighted by Gasteiger charge is 2.16. The van der Waals surface area contributed by atoms with Crippen LogP contribution in [-0.2, 0) is 13.1 Å². The Kier molecular flexibility index (Phi) is 4.92. The van der Waals surface area contributed by atoms with Gasteiger partial charge in [0.05, 0.1) is 7.11 Å². The highest BCUT2D eigenvalue weighted by atomic mass is 32.2. The molecule has 0 spiro atoms. The van der Waals surface area contributed by atoms with Crippen LogP contribution in [0.25, 0.3) is 0 Å². The SMILES string of the molecule is COc1ccc(CN2CCSC(C)C2)cc1CN. The summed E-state index contributed by atoms with van der Waals surface area (Å²) in [5.41, 5.74) is 8.17. The van der Waals surface area contributed by atoms with Gasteiger partial charge < -0.3 is 10.5 Å². The van der Waals surface area contributed by atoms with Crippen molar-refractivity contribution in [2.45, 2.75) is 25.3 Å². The fourth-order valence-electron chi connectivity index (χ4n) is 2.38. The van der Waals surface area contributed by atoms with Crippen molar-refractivity contribution in [3.05, 3.63) is 29.3 Å². The van der Waals surface area contributed by atoms with E-state index in [-0.39, 0.29) is 0 Å². The zero-order chi connectivity index (χ0) is 13.0. The minimum Gasteiger partial charge on any atom is -0.496 e. The predicted molar refractivity (Wildman–Crippen MR) is 78.1 cm³/mol. The van der Waals surface area contributed by atoms with E-state index in [1.165, 1.54) is 24.4 Å². The quantitative estimate of drug-likeness (QED) is 0.905. The van der Waals surface area contributed by atoms with Crippen molar-refractivity contribution in [3.8, 4) is 5.75 Å². The van der Waals surface area contributed by atoms with E-state index in [0.717, 1.165) is 23.1 Å². The summed E-state index contributed by atoms with van der Waals surface area (Å²) in [5, 5.41) is 0.742.